The van der Waals surface area contributed by atoms with Crippen LogP contribution in [0.4, 0.5) is 0 Å². The fourth-order valence-electron chi connectivity index (χ4n) is 1.87. The molecule has 1 rings (SSSR count). The summed E-state index contributed by atoms with van der Waals surface area (Å²) < 4.78 is 2.16. The van der Waals surface area contributed by atoms with Crippen molar-refractivity contribution in [2.24, 2.45) is 0 Å². The Morgan fingerprint density at radius 3 is 2.71 bits per heavy atom. The van der Waals surface area contributed by atoms with Crippen LogP contribution in [0.25, 0.3) is 0 Å². The Kier molecular flexibility index (Phi) is 6.22. The van der Waals surface area contributed by atoms with E-state index in [9.17, 15) is 0 Å². The van der Waals surface area contributed by atoms with Crippen molar-refractivity contribution in [3.8, 4) is 0 Å². The van der Waals surface area contributed by atoms with Crippen LogP contribution >= 0.6 is 0 Å². The van der Waals surface area contributed by atoms with E-state index in [4.69, 9.17) is 0 Å². The van der Waals surface area contributed by atoms with Crippen molar-refractivity contribution in [3.05, 3.63) is 17.5 Å². The Morgan fingerprint density at radius 2 is 2.12 bits per heavy atom. The van der Waals surface area contributed by atoms with Crippen molar-refractivity contribution in [3.63, 3.8) is 0 Å². The second-order valence-electron chi connectivity index (χ2n) is 4.67. The summed E-state index contributed by atoms with van der Waals surface area (Å²) >= 11 is 0. The number of hydrogen-bond donors (Lipinski definition) is 1. The van der Waals surface area contributed by atoms with E-state index in [1.807, 2.05) is 6.20 Å². The zero-order valence-electron chi connectivity index (χ0n) is 11.7. The number of aromatic nitrogens is 2. The molecule has 0 amide bonds. The predicted molar refractivity (Wildman–Crippen MR) is 72.2 cm³/mol. The monoisotopic (exact) mass is 238 g/mol. The highest BCUT2D eigenvalue weighted by Gasteiger charge is 2.09. The number of nitrogens with zero attached hydrogens (tertiary/aromatic N) is 3. The van der Waals surface area contributed by atoms with Crippen LogP contribution in [0, 0.1) is 0 Å². The molecule has 0 fully saturated rings. The summed E-state index contributed by atoms with van der Waals surface area (Å²) in [6.45, 7) is 8.33. The Morgan fingerprint density at radius 1 is 1.35 bits per heavy atom. The first-order valence-corrected chi connectivity index (χ1v) is 6.58. The third-order valence-electron chi connectivity index (χ3n) is 2.85. The summed E-state index contributed by atoms with van der Waals surface area (Å²) in [6, 6.07) is 0. The maximum absolute atomic E-state index is 4.51. The van der Waals surface area contributed by atoms with Crippen LogP contribution in [0.3, 0.4) is 0 Å². The van der Waals surface area contributed by atoms with E-state index in [1.165, 1.54) is 17.7 Å². The number of rotatable bonds is 8. The molecule has 0 aliphatic carbocycles. The molecule has 1 aromatic heterocycles. The van der Waals surface area contributed by atoms with Crippen molar-refractivity contribution in [1.82, 2.24) is 20.0 Å². The van der Waals surface area contributed by atoms with Gasteiger partial charge in [-0.3, -0.25) is 4.68 Å². The average molecular weight is 238 g/mol. The summed E-state index contributed by atoms with van der Waals surface area (Å²) in [7, 11) is 4.20. The highest BCUT2D eigenvalue weighted by atomic mass is 15.3. The number of likely N-dealkylation sites (N-methyl/N-ethyl adjacent to an activating group) is 1. The van der Waals surface area contributed by atoms with Crippen LogP contribution in [0.15, 0.2) is 6.20 Å². The molecular weight excluding hydrogens is 212 g/mol. The van der Waals surface area contributed by atoms with Crippen molar-refractivity contribution >= 4 is 0 Å². The maximum atomic E-state index is 4.51. The van der Waals surface area contributed by atoms with Gasteiger partial charge in [0.15, 0.2) is 0 Å². The van der Waals surface area contributed by atoms with Crippen LogP contribution < -0.4 is 5.32 Å². The van der Waals surface area contributed by atoms with Gasteiger partial charge in [0.05, 0.1) is 12.7 Å². The van der Waals surface area contributed by atoms with Crippen molar-refractivity contribution in [2.45, 2.75) is 39.8 Å². The molecule has 0 saturated heterocycles. The van der Waals surface area contributed by atoms with E-state index >= 15 is 0 Å². The zero-order chi connectivity index (χ0) is 12.7. The van der Waals surface area contributed by atoms with E-state index in [0.29, 0.717) is 0 Å². The van der Waals surface area contributed by atoms with Gasteiger partial charge in [-0.05, 0) is 27.1 Å². The molecule has 0 radical (unpaired) electrons. The van der Waals surface area contributed by atoms with Gasteiger partial charge in [-0.1, -0.05) is 20.3 Å². The lowest BCUT2D eigenvalue weighted by Crippen LogP contribution is -2.20. The molecule has 4 nitrogen and oxygen atoms in total. The predicted octanol–water partition coefficient (Wildman–Crippen LogP) is 1.51. The molecule has 4 heteroatoms. The van der Waals surface area contributed by atoms with E-state index < -0.39 is 0 Å². The van der Waals surface area contributed by atoms with Crippen LogP contribution in [0.2, 0.25) is 0 Å². The summed E-state index contributed by atoms with van der Waals surface area (Å²) in [5, 5.41) is 7.89. The Bertz CT molecular complexity index is 317. The van der Waals surface area contributed by atoms with E-state index in [1.54, 1.807) is 0 Å². The van der Waals surface area contributed by atoms with E-state index in [0.717, 1.165) is 32.6 Å². The second-order valence-corrected chi connectivity index (χ2v) is 4.67. The summed E-state index contributed by atoms with van der Waals surface area (Å²) in [5.41, 5.74) is 2.75. The maximum Gasteiger partial charge on any atom is 0.0539 e. The standard InChI is InChI=1S/C13H26N4/c1-5-7-13-12(10-14-6-2)11-15-17(13)9-8-16(3)4/h11,14H,5-10H2,1-4H3. The lowest BCUT2D eigenvalue weighted by Gasteiger charge is -2.12. The first kappa shape index (κ1) is 14.2. The Balaban J connectivity index is 2.70. The molecule has 1 aromatic rings. The first-order valence-electron chi connectivity index (χ1n) is 6.58. The average Bonchev–Trinajstić information content (AvgIpc) is 2.67. The molecule has 1 N–H and O–H groups in total. The van der Waals surface area contributed by atoms with Crippen molar-refractivity contribution in [2.75, 3.05) is 27.2 Å². The fraction of sp³-hybridized carbons (Fsp3) is 0.769. The van der Waals surface area contributed by atoms with Gasteiger partial charge < -0.3 is 10.2 Å². The molecular formula is C13H26N4. The molecule has 0 saturated carbocycles. The number of nitrogens with one attached hydrogen (secondary N) is 1. The van der Waals surface area contributed by atoms with Crippen LogP contribution in [-0.4, -0.2) is 41.9 Å². The van der Waals surface area contributed by atoms with Crippen molar-refractivity contribution in [1.29, 1.82) is 0 Å². The SMILES string of the molecule is CCCc1c(CNCC)cnn1CCN(C)C. The molecule has 0 unspecified atom stereocenters. The normalized spacial score (nSPS) is 11.4. The Labute approximate surface area is 105 Å². The van der Waals surface area contributed by atoms with Gasteiger partial charge in [0.25, 0.3) is 0 Å². The van der Waals surface area contributed by atoms with Gasteiger partial charge in [-0.25, -0.2) is 0 Å². The highest BCUT2D eigenvalue weighted by molar-refractivity contribution is 5.18. The minimum absolute atomic E-state index is 0.938. The van der Waals surface area contributed by atoms with E-state index in [2.05, 4.69) is 47.9 Å². The van der Waals surface area contributed by atoms with Gasteiger partial charge in [0.2, 0.25) is 0 Å². The highest BCUT2D eigenvalue weighted by Crippen LogP contribution is 2.11. The van der Waals surface area contributed by atoms with Crippen LogP contribution in [0.1, 0.15) is 31.5 Å². The molecule has 0 aliphatic heterocycles. The van der Waals surface area contributed by atoms with Crippen LogP contribution in [0.5, 0.6) is 0 Å². The summed E-state index contributed by atoms with van der Waals surface area (Å²) in [6.07, 6.45) is 4.31. The van der Waals surface area contributed by atoms with Crippen LogP contribution in [-0.2, 0) is 19.5 Å². The molecule has 0 atom stereocenters. The van der Waals surface area contributed by atoms with Gasteiger partial charge >= 0.3 is 0 Å². The lowest BCUT2D eigenvalue weighted by molar-refractivity contribution is 0.369. The lowest BCUT2D eigenvalue weighted by atomic mass is 10.1. The van der Waals surface area contributed by atoms with E-state index in [-0.39, 0.29) is 0 Å². The Hall–Kier alpha value is -0.870. The second kappa shape index (κ2) is 7.45. The van der Waals surface area contributed by atoms with Gasteiger partial charge in [0, 0.05) is 24.3 Å². The minimum Gasteiger partial charge on any atom is -0.313 e. The van der Waals surface area contributed by atoms with Gasteiger partial charge in [-0.15, -0.1) is 0 Å². The zero-order valence-corrected chi connectivity index (χ0v) is 11.7. The minimum atomic E-state index is 0.938. The van der Waals surface area contributed by atoms with Gasteiger partial charge in [0.1, 0.15) is 0 Å². The molecule has 1 heterocycles. The quantitative estimate of drug-likeness (QED) is 0.745. The number of hydrogen-bond acceptors (Lipinski definition) is 3. The fourth-order valence-corrected chi connectivity index (χ4v) is 1.87. The molecule has 0 aromatic carbocycles. The molecule has 98 valence electrons. The molecule has 17 heavy (non-hydrogen) atoms. The summed E-state index contributed by atoms with van der Waals surface area (Å²) in [4.78, 5) is 2.20. The third-order valence-corrected chi connectivity index (χ3v) is 2.85. The topological polar surface area (TPSA) is 33.1 Å². The molecule has 0 aliphatic rings. The first-order chi connectivity index (χ1) is 8.19. The van der Waals surface area contributed by atoms with Gasteiger partial charge in [-0.2, -0.15) is 5.10 Å². The summed E-state index contributed by atoms with van der Waals surface area (Å²) in [5.74, 6) is 0. The largest absolute Gasteiger partial charge is 0.313 e. The smallest absolute Gasteiger partial charge is 0.0539 e. The molecule has 0 spiro atoms. The third kappa shape index (κ3) is 4.48. The van der Waals surface area contributed by atoms with Crippen molar-refractivity contribution < 1.29 is 0 Å². The molecule has 0 bridgehead atoms.